The second-order valence-electron chi connectivity index (χ2n) is 6.71. The molecule has 5 nitrogen and oxygen atoms in total. The van der Waals surface area contributed by atoms with E-state index in [0.29, 0.717) is 11.1 Å². The topological polar surface area (TPSA) is 51.5 Å². The number of aromatic nitrogens is 1. The van der Waals surface area contributed by atoms with E-state index in [0.717, 1.165) is 23.3 Å². The highest BCUT2D eigenvalue weighted by Crippen LogP contribution is 2.31. The molecule has 132 valence electrons. The van der Waals surface area contributed by atoms with Crippen LogP contribution in [0.1, 0.15) is 28.9 Å². The van der Waals surface area contributed by atoms with Crippen LogP contribution in [-0.4, -0.2) is 24.6 Å². The van der Waals surface area contributed by atoms with Crippen molar-refractivity contribution in [2.24, 2.45) is 0 Å². The smallest absolute Gasteiger partial charge is 0.263 e. The first-order chi connectivity index (χ1) is 12.5. The molecule has 0 radical (unpaired) electrons. The van der Waals surface area contributed by atoms with Gasteiger partial charge in [-0.3, -0.25) is 9.59 Å². The lowest BCUT2D eigenvalue weighted by molar-refractivity contribution is 0.0991. The third-order valence-electron chi connectivity index (χ3n) is 5.12. The fourth-order valence-electron chi connectivity index (χ4n) is 3.67. The molecule has 3 aromatic rings. The Morgan fingerprint density at radius 3 is 2.62 bits per heavy atom. The Balaban J connectivity index is 1.81. The molecule has 26 heavy (non-hydrogen) atoms. The Bertz CT molecular complexity index is 1070. The summed E-state index contributed by atoms with van der Waals surface area (Å²) in [6, 6.07) is 13.2. The van der Waals surface area contributed by atoms with Gasteiger partial charge in [0.25, 0.3) is 5.91 Å². The van der Waals surface area contributed by atoms with Crippen LogP contribution in [0.3, 0.4) is 0 Å². The van der Waals surface area contributed by atoms with Crippen molar-refractivity contribution >= 4 is 22.5 Å². The molecule has 2 aromatic carbocycles. The van der Waals surface area contributed by atoms with Crippen LogP contribution in [0.25, 0.3) is 10.9 Å². The van der Waals surface area contributed by atoms with Gasteiger partial charge in [-0.2, -0.15) is 0 Å². The summed E-state index contributed by atoms with van der Waals surface area (Å²) >= 11 is 0. The molecular formula is C21H20N2O3. The van der Waals surface area contributed by atoms with E-state index in [1.807, 2.05) is 12.1 Å². The minimum Gasteiger partial charge on any atom is -0.497 e. The first-order valence-electron chi connectivity index (χ1n) is 8.60. The average Bonchev–Trinajstić information content (AvgIpc) is 2.99. The number of carbonyl (C=O) groups excluding carboxylic acids is 1. The quantitative estimate of drug-likeness (QED) is 0.729. The van der Waals surface area contributed by atoms with Gasteiger partial charge in [0.2, 0.25) is 5.43 Å². The van der Waals surface area contributed by atoms with E-state index in [9.17, 15) is 9.59 Å². The lowest BCUT2D eigenvalue weighted by Gasteiger charge is -2.19. The van der Waals surface area contributed by atoms with Gasteiger partial charge in [-0.1, -0.05) is 12.1 Å². The lowest BCUT2D eigenvalue weighted by atomic mass is 10.1. The molecule has 1 atom stereocenters. The molecule has 1 aliphatic heterocycles. The van der Waals surface area contributed by atoms with Crippen LogP contribution < -0.4 is 15.1 Å². The van der Waals surface area contributed by atoms with Crippen molar-refractivity contribution in [2.45, 2.75) is 19.4 Å². The van der Waals surface area contributed by atoms with Crippen molar-refractivity contribution in [3.8, 4) is 5.75 Å². The Kier molecular flexibility index (Phi) is 3.80. The van der Waals surface area contributed by atoms with Crippen molar-refractivity contribution in [1.82, 2.24) is 4.57 Å². The van der Waals surface area contributed by atoms with Gasteiger partial charge in [0.15, 0.2) is 0 Å². The highest BCUT2D eigenvalue weighted by atomic mass is 16.5. The van der Waals surface area contributed by atoms with Crippen molar-refractivity contribution in [2.75, 3.05) is 19.1 Å². The number of benzene rings is 2. The highest BCUT2D eigenvalue weighted by Gasteiger charge is 2.25. The molecule has 4 rings (SSSR count). The molecule has 0 saturated carbocycles. The minimum absolute atomic E-state index is 0.196. The standard InChI is InChI=1S/C21H20N2O3/c1-13-11-14-5-4-6-17-19(14)23(13)12-18(20(17)24)21(25)22(2)15-7-9-16(26-3)10-8-15/h4-10,12-13H,11H2,1-3H3/t13-/m0/s1. The van der Waals surface area contributed by atoms with Gasteiger partial charge in [0.1, 0.15) is 11.3 Å². The Morgan fingerprint density at radius 1 is 1.19 bits per heavy atom. The van der Waals surface area contributed by atoms with E-state index in [1.165, 1.54) is 4.90 Å². The molecule has 0 fully saturated rings. The summed E-state index contributed by atoms with van der Waals surface area (Å²) in [6.45, 7) is 2.10. The molecule has 0 unspecified atom stereocenters. The number of hydrogen-bond donors (Lipinski definition) is 0. The second-order valence-corrected chi connectivity index (χ2v) is 6.71. The maximum atomic E-state index is 13.0. The Morgan fingerprint density at radius 2 is 1.92 bits per heavy atom. The molecule has 0 aliphatic carbocycles. The molecule has 2 heterocycles. The molecular weight excluding hydrogens is 328 g/mol. The van der Waals surface area contributed by atoms with Gasteiger partial charge < -0.3 is 14.2 Å². The van der Waals surface area contributed by atoms with Crippen LogP contribution >= 0.6 is 0 Å². The van der Waals surface area contributed by atoms with Crippen LogP contribution in [0.4, 0.5) is 5.69 Å². The zero-order valence-electron chi connectivity index (χ0n) is 15.0. The average molecular weight is 348 g/mol. The molecule has 1 aliphatic rings. The van der Waals surface area contributed by atoms with Gasteiger partial charge in [-0.15, -0.1) is 0 Å². The van der Waals surface area contributed by atoms with E-state index in [-0.39, 0.29) is 22.9 Å². The maximum Gasteiger partial charge on any atom is 0.263 e. The first-order valence-corrected chi connectivity index (χ1v) is 8.60. The molecule has 0 saturated heterocycles. The monoisotopic (exact) mass is 348 g/mol. The Hall–Kier alpha value is -3.08. The molecule has 1 amide bonds. The van der Waals surface area contributed by atoms with Crippen LogP contribution in [0, 0.1) is 0 Å². The van der Waals surface area contributed by atoms with Gasteiger partial charge in [-0.05, 0) is 49.2 Å². The second kappa shape index (κ2) is 6.02. The number of rotatable bonds is 3. The number of anilines is 1. The predicted octanol–water partition coefficient (Wildman–Crippen LogP) is 3.40. The zero-order chi connectivity index (χ0) is 18.4. The fraction of sp³-hybridized carbons (Fsp3) is 0.238. The summed E-state index contributed by atoms with van der Waals surface area (Å²) in [7, 11) is 3.27. The van der Waals surface area contributed by atoms with Crippen LogP contribution in [0.2, 0.25) is 0 Å². The van der Waals surface area contributed by atoms with E-state index in [4.69, 9.17) is 4.74 Å². The summed E-state index contributed by atoms with van der Waals surface area (Å²) in [5.41, 5.74) is 2.81. The normalized spacial score (nSPS) is 15.3. The van der Waals surface area contributed by atoms with E-state index >= 15 is 0 Å². The lowest BCUT2D eigenvalue weighted by Crippen LogP contribution is -2.31. The van der Waals surface area contributed by atoms with Crippen LogP contribution in [0.5, 0.6) is 5.75 Å². The van der Waals surface area contributed by atoms with Crippen molar-refractivity contribution < 1.29 is 9.53 Å². The molecule has 0 bridgehead atoms. The zero-order valence-corrected chi connectivity index (χ0v) is 15.0. The van der Waals surface area contributed by atoms with Gasteiger partial charge in [-0.25, -0.2) is 0 Å². The number of carbonyl (C=O) groups is 1. The van der Waals surface area contributed by atoms with Gasteiger partial charge >= 0.3 is 0 Å². The molecule has 0 spiro atoms. The maximum absolute atomic E-state index is 13.0. The minimum atomic E-state index is -0.310. The number of nitrogens with zero attached hydrogens (tertiary/aromatic N) is 2. The van der Waals surface area contributed by atoms with Crippen molar-refractivity contribution in [3.05, 3.63) is 70.0 Å². The van der Waals surface area contributed by atoms with E-state index in [1.54, 1.807) is 50.7 Å². The summed E-state index contributed by atoms with van der Waals surface area (Å²) < 4.78 is 7.21. The van der Waals surface area contributed by atoms with Crippen LogP contribution in [-0.2, 0) is 6.42 Å². The largest absolute Gasteiger partial charge is 0.497 e. The first kappa shape index (κ1) is 16.4. The van der Waals surface area contributed by atoms with Crippen molar-refractivity contribution in [1.29, 1.82) is 0 Å². The number of amides is 1. The number of methoxy groups -OCH3 is 1. The van der Waals surface area contributed by atoms with E-state index < -0.39 is 0 Å². The third-order valence-corrected chi connectivity index (χ3v) is 5.12. The highest BCUT2D eigenvalue weighted by molar-refractivity contribution is 6.07. The summed E-state index contributed by atoms with van der Waals surface area (Å²) in [5.74, 6) is 0.408. The molecule has 0 N–H and O–H groups in total. The summed E-state index contributed by atoms with van der Waals surface area (Å²) in [6.07, 6.45) is 2.59. The van der Waals surface area contributed by atoms with Crippen LogP contribution in [0.15, 0.2) is 53.5 Å². The van der Waals surface area contributed by atoms with E-state index in [2.05, 4.69) is 11.5 Å². The van der Waals surface area contributed by atoms with Gasteiger partial charge in [0, 0.05) is 30.4 Å². The van der Waals surface area contributed by atoms with Crippen molar-refractivity contribution in [3.63, 3.8) is 0 Å². The number of para-hydroxylation sites is 1. The Labute approximate surface area is 151 Å². The summed E-state index contributed by atoms with van der Waals surface area (Å²) in [4.78, 5) is 27.5. The molecule has 1 aromatic heterocycles. The third kappa shape index (κ3) is 2.39. The van der Waals surface area contributed by atoms with Gasteiger partial charge in [0.05, 0.1) is 12.6 Å². The number of pyridine rings is 1. The number of ether oxygens (including phenoxy) is 1. The SMILES string of the molecule is COc1ccc(N(C)C(=O)c2cn3c4c(cccc4c2=O)C[C@@H]3C)cc1. The fourth-order valence-corrected chi connectivity index (χ4v) is 3.67. The summed E-state index contributed by atoms with van der Waals surface area (Å²) in [5, 5.41) is 0.612. The molecule has 5 heteroatoms. The predicted molar refractivity (Wildman–Crippen MR) is 102 cm³/mol. The number of hydrogen-bond acceptors (Lipinski definition) is 3.